The summed E-state index contributed by atoms with van der Waals surface area (Å²) >= 11 is 0. The molecule has 0 saturated heterocycles. The molecule has 0 aliphatic heterocycles. The van der Waals surface area contributed by atoms with Gasteiger partial charge in [-0.2, -0.15) is 0 Å². The molecule has 0 spiro atoms. The van der Waals surface area contributed by atoms with Crippen LogP contribution in [0.3, 0.4) is 0 Å². The standard InChI is InChI=1S/C17H10O/c1-3-13-5-9-15(10-6-13)17(18)16-11-7-14(4-2)8-12-16/h1-2,5-12H. The summed E-state index contributed by atoms with van der Waals surface area (Å²) in [4.78, 5) is 12.1. The number of hydrogen-bond donors (Lipinski definition) is 0. The lowest BCUT2D eigenvalue weighted by Gasteiger charge is -2.01. The first kappa shape index (κ1) is 11.7. The zero-order chi connectivity index (χ0) is 13.0. The summed E-state index contributed by atoms with van der Waals surface area (Å²) in [5, 5.41) is 0. The highest BCUT2D eigenvalue weighted by molar-refractivity contribution is 6.09. The second kappa shape index (κ2) is 5.04. The minimum absolute atomic E-state index is 0.0397. The fourth-order valence-corrected chi connectivity index (χ4v) is 1.60. The molecular formula is C17H10O. The van der Waals surface area contributed by atoms with E-state index in [2.05, 4.69) is 11.8 Å². The third-order valence-electron chi connectivity index (χ3n) is 2.63. The monoisotopic (exact) mass is 230 g/mol. The first-order valence-electron chi connectivity index (χ1n) is 5.42. The minimum atomic E-state index is -0.0397. The molecule has 2 aromatic carbocycles. The molecule has 84 valence electrons. The molecule has 0 radical (unpaired) electrons. The van der Waals surface area contributed by atoms with Crippen LogP contribution in [-0.2, 0) is 0 Å². The van der Waals surface area contributed by atoms with Gasteiger partial charge in [-0.25, -0.2) is 0 Å². The molecule has 18 heavy (non-hydrogen) atoms. The van der Waals surface area contributed by atoms with Gasteiger partial charge < -0.3 is 0 Å². The lowest BCUT2D eigenvalue weighted by atomic mass is 10.0. The second-order valence-electron chi connectivity index (χ2n) is 3.77. The molecule has 0 aliphatic carbocycles. The summed E-state index contributed by atoms with van der Waals surface area (Å²) in [7, 11) is 0. The van der Waals surface area contributed by atoms with Crippen LogP contribution in [0.5, 0.6) is 0 Å². The Balaban J connectivity index is 2.30. The molecule has 0 saturated carbocycles. The van der Waals surface area contributed by atoms with Crippen LogP contribution in [0.25, 0.3) is 0 Å². The molecular weight excluding hydrogens is 220 g/mol. The molecule has 2 aromatic rings. The van der Waals surface area contributed by atoms with Gasteiger partial charge in [-0.05, 0) is 48.5 Å². The van der Waals surface area contributed by atoms with Gasteiger partial charge in [0.2, 0.25) is 0 Å². The van der Waals surface area contributed by atoms with Gasteiger partial charge in [0.05, 0.1) is 0 Å². The molecule has 0 unspecified atom stereocenters. The van der Waals surface area contributed by atoms with Crippen LogP contribution in [0.15, 0.2) is 48.5 Å². The summed E-state index contributed by atoms with van der Waals surface area (Å²) in [6.07, 6.45) is 10.5. The number of carbonyl (C=O) groups excluding carboxylic acids is 1. The van der Waals surface area contributed by atoms with E-state index in [1.54, 1.807) is 48.5 Å². The average molecular weight is 230 g/mol. The van der Waals surface area contributed by atoms with Gasteiger partial charge in [0, 0.05) is 22.3 Å². The van der Waals surface area contributed by atoms with E-state index in [0.29, 0.717) is 11.1 Å². The fourth-order valence-electron chi connectivity index (χ4n) is 1.60. The van der Waals surface area contributed by atoms with Crippen molar-refractivity contribution in [2.24, 2.45) is 0 Å². The van der Waals surface area contributed by atoms with E-state index >= 15 is 0 Å². The number of ketones is 1. The van der Waals surface area contributed by atoms with Crippen LogP contribution in [-0.4, -0.2) is 5.78 Å². The van der Waals surface area contributed by atoms with Crippen molar-refractivity contribution in [1.82, 2.24) is 0 Å². The number of carbonyl (C=O) groups is 1. The molecule has 0 bridgehead atoms. The van der Waals surface area contributed by atoms with Crippen molar-refractivity contribution in [3.05, 3.63) is 70.8 Å². The summed E-state index contributed by atoms with van der Waals surface area (Å²) in [6, 6.07) is 13.9. The maximum Gasteiger partial charge on any atom is 0.193 e. The zero-order valence-corrected chi connectivity index (χ0v) is 9.68. The molecule has 0 N–H and O–H groups in total. The SMILES string of the molecule is C#Cc1ccc(C(=O)c2ccc(C#C)cc2)cc1. The smallest absolute Gasteiger partial charge is 0.193 e. The van der Waals surface area contributed by atoms with Gasteiger partial charge in [0.15, 0.2) is 5.78 Å². The maximum atomic E-state index is 12.1. The van der Waals surface area contributed by atoms with Crippen molar-refractivity contribution < 1.29 is 4.79 Å². The van der Waals surface area contributed by atoms with E-state index in [4.69, 9.17) is 12.8 Å². The lowest BCUT2D eigenvalue weighted by molar-refractivity contribution is 0.103. The highest BCUT2D eigenvalue weighted by Gasteiger charge is 2.08. The van der Waals surface area contributed by atoms with E-state index in [1.165, 1.54) is 0 Å². The Kier molecular flexibility index (Phi) is 3.28. The first-order chi connectivity index (χ1) is 8.74. The second-order valence-corrected chi connectivity index (χ2v) is 3.77. The largest absolute Gasteiger partial charge is 0.289 e. The van der Waals surface area contributed by atoms with Crippen LogP contribution in [0.4, 0.5) is 0 Å². The number of terminal acetylenes is 2. The topological polar surface area (TPSA) is 17.1 Å². The van der Waals surface area contributed by atoms with Crippen LogP contribution < -0.4 is 0 Å². The Labute approximate surface area is 106 Å². The number of rotatable bonds is 2. The van der Waals surface area contributed by atoms with Crippen LogP contribution in [0.2, 0.25) is 0 Å². The Bertz CT molecular complexity index is 587. The third-order valence-corrected chi connectivity index (χ3v) is 2.63. The molecule has 0 aliphatic rings. The molecule has 2 rings (SSSR count). The summed E-state index contributed by atoms with van der Waals surface area (Å²) < 4.78 is 0. The zero-order valence-electron chi connectivity index (χ0n) is 9.68. The molecule has 0 atom stereocenters. The fraction of sp³-hybridized carbons (Fsp3) is 0. The van der Waals surface area contributed by atoms with Gasteiger partial charge in [-0.3, -0.25) is 4.79 Å². The first-order valence-corrected chi connectivity index (χ1v) is 5.42. The normalized spacial score (nSPS) is 9.22. The van der Waals surface area contributed by atoms with E-state index in [9.17, 15) is 4.79 Å². The van der Waals surface area contributed by atoms with Crippen molar-refractivity contribution in [2.45, 2.75) is 0 Å². The van der Waals surface area contributed by atoms with E-state index in [-0.39, 0.29) is 5.78 Å². The molecule has 0 amide bonds. The van der Waals surface area contributed by atoms with Crippen molar-refractivity contribution in [2.75, 3.05) is 0 Å². The van der Waals surface area contributed by atoms with Crippen molar-refractivity contribution in [3.63, 3.8) is 0 Å². The van der Waals surface area contributed by atoms with Gasteiger partial charge >= 0.3 is 0 Å². The Morgan fingerprint density at radius 1 is 0.722 bits per heavy atom. The maximum absolute atomic E-state index is 12.1. The predicted molar refractivity (Wildman–Crippen MR) is 72.2 cm³/mol. The van der Waals surface area contributed by atoms with Crippen molar-refractivity contribution in [1.29, 1.82) is 0 Å². The molecule has 0 aromatic heterocycles. The van der Waals surface area contributed by atoms with Crippen LogP contribution in [0.1, 0.15) is 27.0 Å². The number of benzene rings is 2. The Morgan fingerprint density at radius 3 is 1.33 bits per heavy atom. The van der Waals surface area contributed by atoms with Gasteiger partial charge in [0.1, 0.15) is 0 Å². The Hall–Kier alpha value is -2.77. The van der Waals surface area contributed by atoms with E-state index in [0.717, 1.165) is 11.1 Å². The van der Waals surface area contributed by atoms with E-state index < -0.39 is 0 Å². The van der Waals surface area contributed by atoms with E-state index in [1.807, 2.05) is 0 Å². The quantitative estimate of drug-likeness (QED) is 0.572. The highest BCUT2D eigenvalue weighted by Crippen LogP contribution is 2.11. The van der Waals surface area contributed by atoms with Gasteiger partial charge in [-0.1, -0.05) is 11.8 Å². The molecule has 0 fully saturated rings. The third kappa shape index (κ3) is 2.32. The minimum Gasteiger partial charge on any atom is -0.289 e. The van der Waals surface area contributed by atoms with Crippen LogP contribution in [0, 0.1) is 24.7 Å². The predicted octanol–water partition coefficient (Wildman–Crippen LogP) is 2.88. The van der Waals surface area contributed by atoms with Crippen molar-refractivity contribution in [3.8, 4) is 24.7 Å². The average Bonchev–Trinajstić information content (AvgIpc) is 2.47. The molecule has 1 nitrogen and oxygen atoms in total. The van der Waals surface area contributed by atoms with Gasteiger partial charge in [0.25, 0.3) is 0 Å². The Morgan fingerprint density at radius 2 is 1.06 bits per heavy atom. The van der Waals surface area contributed by atoms with Crippen molar-refractivity contribution >= 4 is 5.78 Å². The van der Waals surface area contributed by atoms with Gasteiger partial charge in [-0.15, -0.1) is 12.8 Å². The summed E-state index contributed by atoms with van der Waals surface area (Å²) in [6.45, 7) is 0. The lowest BCUT2D eigenvalue weighted by Crippen LogP contribution is -2.00. The van der Waals surface area contributed by atoms with Crippen LogP contribution >= 0.6 is 0 Å². The summed E-state index contributed by atoms with van der Waals surface area (Å²) in [5.74, 6) is 4.99. The summed E-state index contributed by atoms with van der Waals surface area (Å²) in [5.41, 5.74) is 2.74. The molecule has 1 heteroatoms. The highest BCUT2D eigenvalue weighted by atomic mass is 16.1. The molecule has 0 heterocycles. The number of hydrogen-bond acceptors (Lipinski definition) is 1.